The minimum atomic E-state index is 1.21. The molecule has 0 fully saturated rings. The van der Waals surface area contributed by atoms with Crippen LogP contribution in [0.15, 0.2) is 36.5 Å². The molecule has 0 amide bonds. The molecule has 0 nitrogen and oxygen atoms in total. The lowest BCUT2D eigenvalue weighted by molar-refractivity contribution is 0.637. The fourth-order valence-electron chi connectivity index (χ4n) is 1.67. The second kappa shape index (κ2) is 15.2. The first kappa shape index (κ1) is 16.2. The first-order valence-corrected chi connectivity index (χ1v) is 7.40. The van der Waals surface area contributed by atoms with Gasteiger partial charge in [0.2, 0.25) is 0 Å². The van der Waals surface area contributed by atoms with Crippen molar-refractivity contribution in [2.45, 2.75) is 71.6 Å². The van der Waals surface area contributed by atoms with Crippen molar-refractivity contribution in [3.63, 3.8) is 0 Å². The van der Waals surface area contributed by atoms with E-state index < -0.39 is 0 Å². The van der Waals surface area contributed by atoms with Gasteiger partial charge in [-0.15, -0.1) is 0 Å². The van der Waals surface area contributed by atoms with E-state index >= 15 is 0 Å². The Morgan fingerprint density at radius 1 is 0.529 bits per heavy atom. The van der Waals surface area contributed by atoms with Crippen LogP contribution in [0.4, 0.5) is 0 Å². The van der Waals surface area contributed by atoms with Crippen molar-refractivity contribution in [1.82, 2.24) is 0 Å². The lowest BCUT2D eigenvalue weighted by Gasteiger charge is -1.95. The summed E-state index contributed by atoms with van der Waals surface area (Å²) >= 11 is 0. The fraction of sp³-hybridized carbons (Fsp3) is 0.647. The lowest BCUT2D eigenvalue weighted by atomic mass is 10.1. The summed E-state index contributed by atoms with van der Waals surface area (Å²) in [5.41, 5.74) is 0. The molecule has 0 aromatic heterocycles. The summed E-state index contributed by atoms with van der Waals surface area (Å²) in [6.45, 7) is 4.49. The van der Waals surface area contributed by atoms with Crippen LogP contribution in [0.25, 0.3) is 0 Å². The van der Waals surface area contributed by atoms with Gasteiger partial charge in [-0.25, -0.2) is 0 Å². The van der Waals surface area contributed by atoms with E-state index in [1.54, 1.807) is 0 Å². The number of hydrogen-bond acceptors (Lipinski definition) is 0. The van der Waals surface area contributed by atoms with Gasteiger partial charge in [-0.05, 0) is 19.3 Å². The summed E-state index contributed by atoms with van der Waals surface area (Å²) < 4.78 is 0. The van der Waals surface area contributed by atoms with Crippen LogP contribution in [-0.4, -0.2) is 0 Å². The highest BCUT2D eigenvalue weighted by molar-refractivity contribution is 5.10. The monoisotopic (exact) mass is 234 g/mol. The number of hydrogen-bond donors (Lipinski definition) is 0. The van der Waals surface area contributed by atoms with Crippen LogP contribution in [0, 0.1) is 0 Å². The van der Waals surface area contributed by atoms with Gasteiger partial charge < -0.3 is 0 Å². The Morgan fingerprint density at radius 2 is 1.06 bits per heavy atom. The second-order valence-electron chi connectivity index (χ2n) is 4.59. The van der Waals surface area contributed by atoms with E-state index in [0.717, 1.165) is 0 Å². The minimum absolute atomic E-state index is 1.21. The molecule has 17 heavy (non-hydrogen) atoms. The predicted molar refractivity (Wildman–Crippen MR) is 80.3 cm³/mol. The largest absolute Gasteiger partial charge is 0.0845 e. The summed E-state index contributed by atoms with van der Waals surface area (Å²) in [5.74, 6) is 0. The molecule has 0 aromatic rings. The van der Waals surface area contributed by atoms with E-state index in [1.807, 2.05) is 0 Å². The molecule has 0 spiro atoms. The SMILES string of the molecule is CCCCC=CC=CC=CCCCCCCC. The van der Waals surface area contributed by atoms with Crippen molar-refractivity contribution < 1.29 is 0 Å². The number of unbranched alkanes of at least 4 members (excludes halogenated alkanes) is 7. The summed E-state index contributed by atoms with van der Waals surface area (Å²) in [4.78, 5) is 0. The smallest absolute Gasteiger partial charge is 0.0348 e. The molecule has 0 aliphatic rings. The van der Waals surface area contributed by atoms with Gasteiger partial charge in [0.1, 0.15) is 0 Å². The van der Waals surface area contributed by atoms with Crippen LogP contribution in [0.3, 0.4) is 0 Å². The highest BCUT2D eigenvalue weighted by Crippen LogP contribution is 2.05. The van der Waals surface area contributed by atoms with E-state index in [9.17, 15) is 0 Å². The molecule has 0 N–H and O–H groups in total. The summed E-state index contributed by atoms with van der Waals surface area (Å²) in [6.07, 6.45) is 25.0. The van der Waals surface area contributed by atoms with Crippen LogP contribution >= 0.6 is 0 Å². The molecule has 0 rings (SSSR count). The maximum absolute atomic E-state index is 2.28. The zero-order valence-electron chi connectivity index (χ0n) is 11.8. The standard InChI is InChI=1S/C17H30/c1-3-5-7-9-11-13-15-17-16-14-12-10-8-6-4-2/h9,11,13,15-17H,3-8,10,12,14H2,1-2H3. The summed E-state index contributed by atoms with van der Waals surface area (Å²) in [7, 11) is 0. The summed E-state index contributed by atoms with van der Waals surface area (Å²) in [5, 5.41) is 0. The first-order valence-electron chi connectivity index (χ1n) is 7.40. The Labute approximate surface area is 109 Å². The molecular formula is C17H30. The van der Waals surface area contributed by atoms with Crippen LogP contribution in [0.5, 0.6) is 0 Å². The predicted octanol–water partition coefficient (Wildman–Crippen LogP) is 6.21. The molecule has 0 aliphatic heterocycles. The molecular weight excluding hydrogens is 204 g/mol. The molecule has 98 valence electrons. The highest BCUT2D eigenvalue weighted by Gasteiger charge is 1.85. The third kappa shape index (κ3) is 15.2. The van der Waals surface area contributed by atoms with Gasteiger partial charge in [-0.3, -0.25) is 0 Å². The average Bonchev–Trinajstić information content (AvgIpc) is 2.35. The maximum Gasteiger partial charge on any atom is -0.0348 e. The molecule has 0 heteroatoms. The van der Waals surface area contributed by atoms with Gasteiger partial charge >= 0.3 is 0 Å². The van der Waals surface area contributed by atoms with Gasteiger partial charge in [-0.2, -0.15) is 0 Å². The van der Waals surface area contributed by atoms with E-state index in [-0.39, 0.29) is 0 Å². The summed E-state index contributed by atoms with van der Waals surface area (Å²) in [6, 6.07) is 0. The third-order valence-corrected chi connectivity index (χ3v) is 2.80. The minimum Gasteiger partial charge on any atom is -0.0845 e. The Bertz CT molecular complexity index is 208. The first-order chi connectivity index (χ1) is 8.41. The van der Waals surface area contributed by atoms with Crippen molar-refractivity contribution in [2.75, 3.05) is 0 Å². The molecule has 0 bridgehead atoms. The zero-order chi connectivity index (χ0) is 12.6. The van der Waals surface area contributed by atoms with Crippen LogP contribution < -0.4 is 0 Å². The zero-order valence-corrected chi connectivity index (χ0v) is 11.8. The molecule has 0 unspecified atom stereocenters. The second-order valence-corrected chi connectivity index (χ2v) is 4.59. The van der Waals surface area contributed by atoms with Crippen molar-refractivity contribution in [2.24, 2.45) is 0 Å². The molecule has 0 atom stereocenters. The van der Waals surface area contributed by atoms with Gasteiger partial charge in [-0.1, -0.05) is 88.8 Å². The van der Waals surface area contributed by atoms with Gasteiger partial charge in [0.15, 0.2) is 0 Å². The average molecular weight is 234 g/mol. The van der Waals surface area contributed by atoms with Crippen molar-refractivity contribution in [1.29, 1.82) is 0 Å². The van der Waals surface area contributed by atoms with Gasteiger partial charge in [0.05, 0.1) is 0 Å². The maximum atomic E-state index is 2.28. The van der Waals surface area contributed by atoms with E-state index in [4.69, 9.17) is 0 Å². The molecule has 0 saturated heterocycles. The van der Waals surface area contributed by atoms with Crippen LogP contribution in [0.2, 0.25) is 0 Å². The Hall–Kier alpha value is -0.780. The molecule has 0 aliphatic carbocycles. The van der Waals surface area contributed by atoms with Crippen molar-refractivity contribution in [3.8, 4) is 0 Å². The number of allylic oxidation sites excluding steroid dienone is 6. The molecule has 0 heterocycles. The van der Waals surface area contributed by atoms with Gasteiger partial charge in [0.25, 0.3) is 0 Å². The fourth-order valence-corrected chi connectivity index (χ4v) is 1.67. The Morgan fingerprint density at radius 3 is 1.65 bits per heavy atom. The van der Waals surface area contributed by atoms with E-state index in [0.29, 0.717) is 0 Å². The van der Waals surface area contributed by atoms with Crippen LogP contribution in [0.1, 0.15) is 71.6 Å². The van der Waals surface area contributed by atoms with E-state index in [1.165, 1.54) is 57.8 Å². The highest BCUT2D eigenvalue weighted by atomic mass is 13.9. The van der Waals surface area contributed by atoms with Gasteiger partial charge in [0, 0.05) is 0 Å². The normalized spacial score (nSPS) is 12.4. The molecule has 0 aromatic carbocycles. The Kier molecular flexibility index (Phi) is 14.5. The number of rotatable bonds is 11. The quantitative estimate of drug-likeness (QED) is 0.295. The Balaban J connectivity index is 3.28. The van der Waals surface area contributed by atoms with E-state index in [2.05, 4.69) is 50.3 Å². The third-order valence-electron chi connectivity index (χ3n) is 2.80. The van der Waals surface area contributed by atoms with Crippen molar-refractivity contribution >= 4 is 0 Å². The van der Waals surface area contributed by atoms with Crippen LogP contribution in [-0.2, 0) is 0 Å². The molecule has 0 radical (unpaired) electrons. The lowest BCUT2D eigenvalue weighted by Crippen LogP contribution is -1.75. The molecule has 0 saturated carbocycles. The topological polar surface area (TPSA) is 0 Å². The van der Waals surface area contributed by atoms with Crippen molar-refractivity contribution in [3.05, 3.63) is 36.5 Å².